The predicted octanol–water partition coefficient (Wildman–Crippen LogP) is 1.43. The van der Waals surface area contributed by atoms with E-state index in [0.29, 0.717) is 11.3 Å². The highest BCUT2D eigenvalue weighted by molar-refractivity contribution is 6.22. The summed E-state index contributed by atoms with van der Waals surface area (Å²) in [7, 11) is 2.94. The van der Waals surface area contributed by atoms with Crippen molar-refractivity contribution < 1.29 is 23.9 Å². The van der Waals surface area contributed by atoms with E-state index < -0.39 is 12.3 Å². The highest BCUT2D eigenvalue weighted by Crippen LogP contribution is 2.27. The summed E-state index contributed by atoms with van der Waals surface area (Å²) >= 11 is 0. The molecule has 0 saturated carbocycles. The molecule has 2 N–H and O–H groups in total. The van der Waals surface area contributed by atoms with Gasteiger partial charge in [-0.25, -0.2) is 4.79 Å². The van der Waals surface area contributed by atoms with E-state index in [2.05, 4.69) is 10.6 Å². The summed E-state index contributed by atoms with van der Waals surface area (Å²) in [5.41, 5.74) is 1.06. The second-order valence-corrected chi connectivity index (χ2v) is 5.57. The van der Waals surface area contributed by atoms with Gasteiger partial charge >= 0.3 is 6.03 Å². The molecular formula is C16H21N3O5. The first kappa shape index (κ1) is 17.9. The number of nitrogens with one attached hydrogen (secondary N) is 2. The van der Waals surface area contributed by atoms with Crippen LogP contribution in [-0.2, 0) is 9.47 Å². The number of nitrogens with zero attached hydrogens (tertiary/aromatic N) is 1. The minimum Gasteiger partial charge on any atom is -0.354 e. The summed E-state index contributed by atoms with van der Waals surface area (Å²) < 4.78 is 9.94. The SMILES string of the molecule is COC(CNC(=O)Nc1ccc2c(c1)C(=O)N(C(C)C)C2=O)OC. The number of ether oxygens (including phenoxy) is 2. The average molecular weight is 335 g/mol. The molecule has 0 fully saturated rings. The van der Waals surface area contributed by atoms with E-state index in [0.717, 1.165) is 0 Å². The van der Waals surface area contributed by atoms with E-state index in [1.54, 1.807) is 26.0 Å². The fourth-order valence-electron chi connectivity index (χ4n) is 2.42. The van der Waals surface area contributed by atoms with Gasteiger partial charge in [0, 0.05) is 25.9 Å². The Hall–Kier alpha value is -2.45. The van der Waals surface area contributed by atoms with E-state index in [9.17, 15) is 14.4 Å². The first-order valence-electron chi connectivity index (χ1n) is 7.51. The molecule has 1 aliphatic heterocycles. The summed E-state index contributed by atoms with van der Waals surface area (Å²) in [5, 5.41) is 5.20. The van der Waals surface area contributed by atoms with Crippen molar-refractivity contribution in [3.05, 3.63) is 29.3 Å². The second-order valence-electron chi connectivity index (χ2n) is 5.57. The van der Waals surface area contributed by atoms with Gasteiger partial charge in [-0.15, -0.1) is 0 Å². The molecule has 0 spiro atoms. The van der Waals surface area contributed by atoms with Crippen LogP contribution in [0, 0.1) is 0 Å². The summed E-state index contributed by atoms with van der Waals surface area (Å²) in [6.07, 6.45) is -0.547. The largest absolute Gasteiger partial charge is 0.354 e. The minimum atomic E-state index is -0.547. The van der Waals surface area contributed by atoms with E-state index in [-0.39, 0.29) is 30.0 Å². The Bertz CT molecular complexity index is 655. The Balaban J connectivity index is 2.07. The van der Waals surface area contributed by atoms with Gasteiger partial charge in [0.05, 0.1) is 17.7 Å². The number of hydrogen-bond acceptors (Lipinski definition) is 5. The molecule has 0 bridgehead atoms. The van der Waals surface area contributed by atoms with Crippen LogP contribution in [0.15, 0.2) is 18.2 Å². The standard InChI is InChI=1S/C16H21N3O5/c1-9(2)19-14(20)11-6-5-10(7-12(11)15(19)21)18-16(22)17-8-13(23-3)24-4/h5-7,9,13H,8H2,1-4H3,(H2,17,18,22). The van der Waals surface area contributed by atoms with E-state index >= 15 is 0 Å². The Labute approximate surface area is 140 Å². The summed E-state index contributed by atoms with van der Waals surface area (Å²) in [6.45, 7) is 3.72. The van der Waals surface area contributed by atoms with Gasteiger partial charge in [-0.05, 0) is 32.0 Å². The molecule has 1 heterocycles. The van der Waals surface area contributed by atoms with Crippen LogP contribution in [0.2, 0.25) is 0 Å². The number of fused-ring (bicyclic) bond motifs is 1. The van der Waals surface area contributed by atoms with Gasteiger partial charge in [-0.3, -0.25) is 14.5 Å². The lowest BCUT2D eigenvalue weighted by atomic mass is 10.1. The number of carbonyl (C=O) groups excluding carboxylic acids is 3. The molecule has 8 nitrogen and oxygen atoms in total. The van der Waals surface area contributed by atoms with Crippen molar-refractivity contribution in [2.45, 2.75) is 26.2 Å². The fraction of sp³-hybridized carbons (Fsp3) is 0.438. The van der Waals surface area contributed by atoms with Gasteiger partial charge in [0.15, 0.2) is 6.29 Å². The number of benzene rings is 1. The summed E-state index contributed by atoms with van der Waals surface area (Å²) in [5.74, 6) is -0.670. The maximum absolute atomic E-state index is 12.3. The zero-order valence-corrected chi connectivity index (χ0v) is 14.1. The number of anilines is 1. The number of imide groups is 1. The molecule has 130 valence electrons. The number of amides is 4. The molecule has 1 aliphatic rings. The number of methoxy groups -OCH3 is 2. The maximum atomic E-state index is 12.3. The third-order valence-electron chi connectivity index (χ3n) is 3.65. The Morgan fingerprint density at radius 3 is 2.33 bits per heavy atom. The molecule has 0 atom stereocenters. The lowest BCUT2D eigenvalue weighted by molar-refractivity contribution is -0.0970. The number of hydrogen-bond donors (Lipinski definition) is 2. The Morgan fingerprint density at radius 1 is 1.12 bits per heavy atom. The topological polar surface area (TPSA) is 97.0 Å². The van der Waals surface area contributed by atoms with Gasteiger partial charge in [0.1, 0.15) is 0 Å². The van der Waals surface area contributed by atoms with Crippen molar-refractivity contribution >= 4 is 23.5 Å². The molecule has 8 heteroatoms. The molecular weight excluding hydrogens is 314 g/mol. The highest BCUT2D eigenvalue weighted by atomic mass is 16.7. The van der Waals surface area contributed by atoms with Crippen molar-refractivity contribution in [3.63, 3.8) is 0 Å². The molecule has 2 rings (SSSR count). The smallest absolute Gasteiger partial charge is 0.319 e. The zero-order valence-electron chi connectivity index (χ0n) is 14.1. The predicted molar refractivity (Wildman–Crippen MR) is 86.9 cm³/mol. The van der Waals surface area contributed by atoms with Crippen LogP contribution in [0.5, 0.6) is 0 Å². The lowest BCUT2D eigenvalue weighted by Crippen LogP contribution is -2.36. The van der Waals surface area contributed by atoms with Crippen LogP contribution in [0.4, 0.5) is 10.5 Å². The monoisotopic (exact) mass is 335 g/mol. The molecule has 1 aromatic rings. The van der Waals surface area contributed by atoms with Crippen molar-refractivity contribution in [1.29, 1.82) is 0 Å². The van der Waals surface area contributed by atoms with Crippen LogP contribution < -0.4 is 10.6 Å². The third-order valence-corrected chi connectivity index (χ3v) is 3.65. The van der Waals surface area contributed by atoms with E-state index in [1.165, 1.54) is 25.2 Å². The molecule has 0 radical (unpaired) electrons. The lowest BCUT2D eigenvalue weighted by Gasteiger charge is -2.17. The second kappa shape index (κ2) is 7.41. The van der Waals surface area contributed by atoms with Crippen molar-refractivity contribution in [2.24, 2.45) is 0 Å². The normalized spacial score (nSPS) is 13.7. The molecule has 0 saturated heterocycles. The van der Waals surface area contributed by atoms with Crippen LogP contribution in [-0.4, -0.2) is 55.8 Å². The van der Waals surface area contributed by atoms with Crippen molar-refractivity contribution in [3.8, 4) is 0 Å². The summed E-state index contributed by atoms with van der Waals surface area (Å²) in [6, 6.07) is 3.93. The van der Waals surface area contributed by atoms with Crippen molar-refractivity contribution in [1.82, 2.24) is 10.2 Å². The number of urea groups is 1. The molecule has 0 aliphatic carbocycles. The Morgan fingerprint density at radius 2 is 1.75 bits per heavy atom. The van der Waals surface area contributed by atoms with Gasteiger partial charge in [-0.1, -0.05) is 0 Å². The minimum absolute atomic E-state index is 0.169. The third kappa shape index (κ3) is 3.55. The quantitative estimate of drug-likeness (QED) is 0.605. The molecule has 0 aromatic heterocycles. The molecule has 24 heavy (non-hydrogen) atoms. The van der Waals surface area contributed by atoms with Crippen LogP contribution >= 0.6 is 0 Å². The highest BCUT2D eigenvalue weighted by Gasteiger charge is 2.37. The average Bonchev–Trinajstić information content (AvgIpc) is 2.79. The van der Waals surface area contributed by atoms with Gasteiger partial charge < -0.3 is 20.1 Å². The summed E-state index contributed by atoms with van der Waals surface area (Å²) in [4.78, 5) is 37.6. The number of rotatable bonds is 6. The first-order valence-corrected chi connectivity index (χ1v) is 7.51. The number of carbonyl (C=O) groups is 3. The fourth-order valence-corrected chi connectivity index (χ4v) is 2.42. The first-order chi connectivity index (χ1) is 11.4. The van der Waals surface area contributed by atoms with E-state index in [1.807, 2.05) is 0 Å². The van der Waals surface area contributed by atoms with Crippen LogP contribution in [0.25, 0.3) is 0 Å². The maximum Gasteiger partial charge on any atom is 0.319 e. The molecule has 0 unspecified atom stereocenters. The van der Waals surface area contributed by atoms with Gasteiger partial charge in [0.2, 0.25) is 0 Å². The molecule has 4 amide bonds. The van der Waals surface area contributed by atoms with Gasteiger partial charge in [-0.2, -0.15) is 0 Å². The molecule has 1 aromatic carbocycles. The van der Waals surface area contributed by atoms with E-state index in [4.69, 9.17) is 9.47 Å². The Kier molecular flexibility index (Phi) is 5.53. The zero-order chi connectivity index (χ0) is 17.9. The van der Waals surface area contributed by atoms with Crippen LogP contribution in [0.1, 0.15) is 34.6 Å². The van der Waals surface area contributed by atoms with Crippen molar-refractivity contribution in [2.75, 3.05) is 26.1 Å². The van der Waals surface area contributed by atoms with Gasteiger partial charge in [0.25, 0.3) is 11.8 Å². The van der Waals surface area contributed by atoms with Crippen LogP contribution in [0.3, 0.4) is 0 Å².